The Morgan fingerprint density at radius 2 is 1.94 bits per heavy atom. The van der Waals surface area contributed by atoms with Crippen molar-refractivity contribution >= 4 is 17.8 Å². The van der Waals surface area contributed by atoms with Crippen LogP contribution in [0.15, 0.2) is 30.3 Å². The highest BCUT2D eigenvalue weighted by molar-refractivity contribution is 6.16. The Bertz CT molecular complexity index is 430. The highest BCUT2D eigenvalue weighted by Crippen LogP contribution is 2.18. The maximum absolute atomic E-state index is 11.7. The van der Waals surface area contributed by atoms with Gasteiger partial charge in [-0.25, -0.2) is 4.79 Å². The number of ether oxygens (including phenoxy) is 1. The Balaban J connectivity index is 2.97. The summed E-state index contributed by atoms with van der Waals surface area (Å²) in [5, 5.41) is 0. The molecule has 0 N–H and O–H groups in total. The lowest BCUT2D eigenvalue weighted by Gasteiger charge is -2.06. The molecule has 1 aromatic rings. The smallest absolute Gasteiger partial charge is 0.338 e. The Kier molecular flexibility index (Phi) is 5.85. The highest BCUT2D eigenvalue weighted by Gasteiger charge is 2.11. The summed E-state index contributed by atoms with van der Waals surface area (Å²) in [7, 11) is 1.37. The molecule has 0 radical (unpaired) electrons. The van der Waals surface area contributed by atoms with Gasteiger partial charge >= 0.3 is 5.97 Å². The number of hydrogen-bond donors (Lipinski definition) is 0. The van der Waals surface area contributed by atoms with Gasteiger partial charge in [0.2, 0.25) is 0 Å². The van der Waals surface area contributed by atoms with Crippen LogP contribution in [-0.4, -0.2) is 19.4 Å². The Hall–Kier alpha value is -1.90. The van der Waals surface area contributed by atoms with Crippen molar-refractivity contribution in [3.05, 3.63) is 41.5 Å². The standard InChI is InChI=1S/C15H18O3/c1-3-4-5-6-14(15(17)18-2)13-9-7-12(11-16)8-10-13/h6-11H,3-5H2,1-2H3/b14-6-. The van der Waals surface area contributed by atoms with E-state index in [1.54, 1.807) is 24.3 Å². The predicted molar refractivity (Wildman–Crippen MR) is 71.3 cm³/mol. The second-order valence-corrected chi connectivity index (χ2v) is 3.99. The average Bonchev–Trinajstić information content (AvgIpc) is 2.43. The number of carbonyl (C=O) groups is 2. The van der Waals surface area contributed by atoms with Crippen LogP contribution in [0.3, 0.4) is 0 Å². The first kappa shape index (κ1) is 14.2. The van der Waals surface area contributed by atoms with Crippen LogP contribution >= 0.6 is 0 Å². The minimum atomic E-state index is -0.343. The average molecular weight is 246 g/mol. The molecule has 1 aromatic carbocycles. The zero-order chi connectivity index (χ0) is 13.4. The number of rotatable bonds is 6. The van der Waals surface area contributed by atoms with Crippen LogP contribution in [0, 0.1) is 0 Å². The number of unbranched alkanes of at least 4 members (excludes halogenated alkanes) is 2. The van der Waals surface area contributed by atoms with E-state index in [0.29, 0.717) is 11.1 Å². The molecule has 0 heterocycles. The van der Waals surface area contributed by atoms with E-state index in [2.05, 4.69) is 6.92 Å². The summed E-state index contributed by atoms with van der Waals surface area (Å²) in [5.41, 5.74) is 1.93. The largest absolute Gasteiger partial charge is 0.465 e. The lowest BCUT2D eigenvalue weighted by atomic mass is 10.0. The van der Waals surface area contributed by atoms with Crippen LogP contribution in [0.1, 0.15) is 42.1 Å². The van der Waals surface area contributed by atoms with Gasteiger partial charge in [-0.1, -0.05) is 50.1 Å². The molecule has 0 spiro atoms. The predicted octanol–water partition coefficient (Wildman–Crippen LogP) is 3.25. The number of hydrogen-bond acceptors (Lipinski definition) is 3. The van der Waals surface area contributed by atoms with Crippen LogP contribution in [0.25, 0.3) is 5.57 Å². The number of carbonyl (C=O) groups excluding carboxylic acids is 2. The van der Waals surface area contributed by atoms with E-state index >= 15 is 0 Å². The van der Waals surface area contributed by atoms with Gasteiger partial charge in [0.05, 0.1) is 12.7 Å². The molecule has 1 rings (SSSR count). The molecule has 0 unspecified atom stereocenters. The first-order chi connectivity index (χ1) is 8.72. The molecule has 18 heavy (non-hydrogen) atoms. The van der Waals surface area contributed by atoms with E-state index in [1.807, 2.05) is 6.08 Å². The molecule has 0 bridgehead atoms. The fourth-order valence-electron chi connectivity index (χ4n) is 1.62. The number of methoxy groups -OCH3 is 1. The third-order valence-electron chi connectivity index (χ3n) is 2.67. The van der Waals surface area contributed by atoms with Crippen molar-refractivity contribution < 1.29 is 14.3 Å². The van der Waals surface area contributed by atoms with Crippen LogP contribution in [0.2, 0.25) is 0 Å². The molecule has 0 atom stereocenters. The lowest BCUT2D eigenvalue weighted by molar-refractivity contribution is -0.133. The third kappa shape index (κ3) is 3.84. The molecular weight excluding hydrogens is 228 g/mol. The molecule has 0 aromatic heterocycles. The number of esters is 1. The van der Waals surface area contributed by atoms with Crippen LogP contribution in [0.5, 0.6) is 0 Å². The van der Waals surface area contributed by atoms with Gasteiger partial charge in [-0.15, -0.1) is 0 Å². The summed E-state index contributed by atoms with van der Waals surface area (Å²) in [6.45, 7) is 2.10. The van der Waals surface area contributed by atoms with Gasteiger partial charge in [0.25, 0.3) is 0 Å². The van der Waals surface area contributed by atoms with E-state index in [9.17, 15) is 9.59 Å². The molecular formula is C15H18O3. The number of benzene rings is 1. The Labute approximate surface area is 107 Å². The van der Waals surface area contributed by atoms with Gasteiger partial charge in [0.15, 0.2) is 0 Å². The van der Waals surface area contributed by atoms with E-state index in [1.165, 1.54) is 7.11 Å². The summed E-state index contributed by atoms with van der Waals surface area (Å²) >= 11 is 0. The molecule has 3 heteroatoms. The Morgan fingerprint density at radius 1 is 1.28 bits per heavy atom. The molecule has 0 fully saturated rings. The summed E-state index contributed by atoms with van der Waals surface area (Å²) in [5.74, 6) is -0.343. The highest BCUT2D eigenvalue weighted by atomic mass is 16.5. The number of allylic oxidation sites excluding steroid dienone is 1. The number of aldehydes is 1. The maximum Gasteiger partial charge on any atom is 0.338 e. The lowest BCUT2D eigenvalue weighted by Crippen LogP contribution is -2.04. The van der Waals surface area contributed by atoms with Crippen LogP contribution < -0.4 is 0 Å². The summed E-state index contributed by atoms with van der Waals surface area (Å²) < 4.78 is 4.78. The van der Waals surface area contributed by atoms with Crippen LogP contribution in [-0.2, 0) is 9.53 Å². The monoisotopic (exact) mass is 246 g/mol. The van der Waals surface area contributed by atoms with Gasteiger partial charge < -0.3 is 4.74 Å². The second kappa shape index (κ2) is 7.43. The topological polar surface area (TPSA) is 43.4 Å². The zero-order valence-corrected chi connectivity index (χ0v) is 10.8. The van der Waals surface area contributed by atoms with Gasteiger partial charge in [-0.05, 0) is 12.0 Å². The van der Waals surface area contributed by atoms with Gasteiger partial charge in [-0.2, -0.15) is 0 Å². The normalized spacial score (nSPS) is 11.1. The van der Waals surface area contributed by atoms with Crippen molar-refractivity contribution in [1.82, 2.24) is 0 Å². The first-order valence-corrected chi connectivity index (χ1v) is 6.07. The van der Waals surface area contributed by atoms with Crippen molar-refractivity contribution in [3.8, 4) is 0 Å². The van der Waals surface area contributed by atoms with E-state index in [0.717, 1.165) is 31.1 Å². The minimum Gasteiger partial charge on any atom is -0.465 e. The molecule has 0 amide bonds. The summed E-state index contributed by atoms with van der Waals surface area (Å²) in [4.78, 5) is 22.3. The van der Waals surface area contributed by atoms with E-state index in [4.69, 9.17) is 4.74 Å². The molecule has 0 saturated heterocycles. The van der Waals surface area contributed by atoms with Crippen molar-refractivity contribution in [2.45, 2.75) is 26.2 Å². The fourth-order valence-corrected chi connectivity index (χ4v) is 1.62. The molecule has 3 nitrogen and oxygen atoms in total. The quantitative estimate of drug-likeness (QED) is 0.335. The molecule has 0 aliphatic carbocycles. The summed E-state index contributed by atoms with van der Waals surface area (Å²) in [6, 6.07) is 6.91. The molecule has 96 valence electrons. The van der Waals surface area contributed by atoms with Gasteiger partial charge in [0, 0.05) is 5.56 Å². The Morgan fingerprint density at radius 3 is 2.44 bits per heavy atom. The maximum atomic E-state index is 11.7. The van der Waals surface area contributed by atoms with Gasteiger partial charge in [0.1, 0.15) is 6.29 Å². The fraction of sp³-hybridized carbons (Fsp3) is 0.333. The van der Waals surface area contributed by atoms with Crippen LogP contribution in [0.4, 0.5) is 0 Å². The van der Waals surface area contributed by atoms with E-state index in [-0.39, 0.29) is 5.97 Å². The molecule has 0 aliphatic heterocycles. The third-order valence-corrected chi connectivity index (χ3v) is 2.67. The first-order valence-electron chi connectivity index (χ1n) is 6.07. The van der Waals surface area contributed by atoms with Crippen molar-refractivity contribution in [1.29, 1.82) is 0 Å². The zero-order valence-electron chi connectivity index (χ0n) is 10.8. The second-order valence-electron chi connectivity index (χ2n) is 3.99. The van der Waals surface area contributed by atoms with Gasteiger partial charge in [-0.3, -0.25) is 4.79 Å². The van der Waals surface area contributed by atoms with Crippen molar-refractivity contribution in [3.63, 3.8) is 0 Å². The molecule has 0 saturated carbocycles. The van der Waals surface area contributed by atoms with Crippen molar-refractivity contribution in [2.24, 2.45) is 0 Å². The SMILES string of the molecule is CCCC/C=C(\C(=O)OC)c1ccc(C=O)cc1. The van der Waals surface area contributed by atoms with E-state index < -0.39 is 0 Å². The van der Waals surface area contributed by atoms with Crippen molar-refractivity contribution in [2.75, 3.05) is 7.11 Å². The molecule has 0 aliphatic rings. The summed E-state index contributed by atoms with van der Waals surface area (Å²) in [6.07, 6.45) is 5.63. The minimum absolute atomic E-state index is 0.343.